The van der Waals surface area contributed by atoms with Gasteiger partial charge in [-0.15, -0.1) is 11.3 Å². The van der Waals surface area contributed by atoms with Crippen molar-refractivity contribution >= 4 is 23.2 Å². The first-order valence-electron chi connectivity index (χ1n) is 6.80. The normalized spacial score (nSPS) is 10.5. The molecule has 2 aromatic heterocycles. The SMILES string of the molecule is CCN(CCC(=O)O)C(=O)c1cccn1Cc1cccs1. The second kappa shape index (κ2) is 7.08. The zero-order valence-electron chi connectivity index (χ0n) is 11.9. The topological polar surface area (TPSA) is 62.5 Å². The summed E-state index contributed by atoms with van der Waals surface area (Å²) in [5.74, 6) is -1.02. The number of aliphatic carboxylic acids is 1. The van der Waals surface area contributed by atoms with Gasteiger partial charge in [-0.3, -0.25) is 9.59 Å². The van der Waals surface area contributed by atoms with Crippen molar-refractivity contribution < 1.29 is 14.7 Å². The van der Waals surface area contributed by atoms with Crippen molar-refractivity contribution in [3.05, 3.63) is 46.4 Å². The number of hydrogen-bond acceptors (Lipinski definition) is 3. The van der Waals surface area contributed by atoms with E-state index in [4.69, 9.17) is 5.11 Å². The summed E-state index contributed by atoms with van der Waals surface area (Å²) in [6, 6.07) is 7.63. The van der Waals surface area contributed by atoms with E-state index in [2.05, 4.69) is 0 Å². The van der Waals surface area contributed by atoms with Gasteiger partial charge in [0.2, 0.25) is 0 Å². The molecule has 0 radical (unpaired) electrons. The second-order valence-electron chi connectivity index (χ2n) is 4.63. The summed E-state index contributed by atoms with van der Waals surface area (Å²) < 4.78 is 1.90. The average Bonchev–Trinajstić information content (AvgIpc) is 3.11. The molecule has 1 amide bonds. The zero-order valence-corrected chi connectivity index (χ0v) is 12.7. The summed E-state index contributed by atoms with van der Waals surface area (Å²) in [6.07, 6.45) is 1.84. The van der Waals surface area contributed by atoms with Gasteiger partial charge in [0, 0.05) is 24.2 Å². The molecule has 1 N–H and O–H groups in total. The van der Waals surface area contributed by atoms with Crippen LogP contribution in [0.2, 0.25) is 0 Å². The number of thiophene rings is 1. The Morgan fingerprint density at radius 3 is 2.76 bits per heavy atom. The van der Waals surface area contributed by atoms with Crippen LogP contribution < -0.4 is 0 Å². The van der Waals surface area contributed by atoms with Gasteiger partial charge in [0.1, 0.15) is 5.69 Å². The lowest BCUT2D eigenvalue weighted by Crippen LogP contribution is -2.34. The molecule has 112 valence electrons. The Labute approximate surface area is 127 Å². The van der Waals surface area contributed by atoms with Gasteiger partial charge >= 0.3 is 5.97 Å². The van der Waals surface area contributed by atoms with Gasteiger partial charge in [-0.05, 0) is 30.5 Å². The van der Waals surface area contributed by atoms with E-state index in [0.717, 1.165) is 0 Å². The fourth-order valence-corrected chi connectivity index (χ4v) is 2.82. The monoisotopic (exact) mass is 306 g/mol. The minimum Gasteiger partial charge on any atom is -0.481 e. The van der Waals surface area contributed by atoms with Crippen molar-refractivity contribution in [1.82, 2.24) is 9.47 Å². The van der Waals surface area contributed by atoms with Crippen LogP contribution in [-0.2, 0) is 11.3 Å². The Bertz CT molecular complexity index is 604. The highest BCUT2D eigenvalue weighted by Gasteiger charge is 2.18. The molecule has 0 aromatic carbocycles. The Balaban J connectivity index is 2.11. The number of carboxylic acid groups (broad SMARTS) is 1. The van der Waals surface area contributed by atoms with Crippen molar-refractivity contribution in [2.24, 2.45) is 0 Å². The number of carboxylic acids is 1. The quantitative estimate of drug-likeness (QED) is 0.855. The van der Waals surface area contributed by atoms with Crippen LogP contribution in [-0.4, -0.2) is 39.5 Å². The van der Waals surface area contributed by atoms with Crippen molar-refractivity contribution in [1.29, 1.82) is 0 Å². The lowest BCUT2D eigenvalue weighted by atomic mass is 10.3. The Hall–Kier alpha value is -2.08. The number of carbonyl (C=O) groups is 2. The third-order valence-electron chi connectivity index (χ3n) is 3.22. The minimum absolute atomic E-state index is 0.0365. The minimum atomic E-state index is -0.893. The van der Waals surface area contributed by atoms with Crippen LogP contribution in [0.1, 0.15) is 28.7 Å². The number of amides is 1. The summed E-state index contributed by atoms with van der Waals surface area (Å²) in [5, 5.41) is 10.8. The maximum Gasteiger partial charge on any atom is 0.305 e. The van der Waals surface area contributed by atoms with E-state index in [-0.39, 0.29) is 18.9 Å². The molecular formula is C15H18N2O3S. The molecule has 0 saturated heterocycles. The predicted molar refractivity (Wildman–Crippen MR) is 81.7 cm³/mol. The summed E-state index contributed by atoms with van der Waals surface area (Å²) in [5.41, 5.74) is 0.593. The molecule has 21 heavy (non-hydrogen) atoms. The first kappa shape index (κ1) is 15.3. The van der Waals surface area contributed by atoms with Gasteiger partial charge < -0.3 is 14.6 Å². The van der Waals surface area contributed by atoms with Gasteiger partial charge in [0.25, 0.3) is 5.91 Å². The summed E-state index contributed by atoms with van der Waals surface area (Å²) in [4.78, 5) is 25.9. The number of carbonyl (C=O) groups excluding carboxylic acids is 1. The molecule has 0 unspecified atom stereocenters. The third kappa shape index (κ3) is 3.95. The van der Waals surface area contributed by atoms with E-state index in [0.29, 0.717) is 18.8 Å². The van der Waals surface area contributed by atoms with E-state index in [9.17, 15) is 9.59 Å². The number of rotatable bonds is 7. The largest absolute Gasteiger partial charge is 0.481 e. The lowest BCUT2D eigenvalue weighted by Gasteiger charge is -2.20. The van der Waals surface area contributed by atoms with Gasteiger partial charge in [0.05, 0.1) is 13.0 Å². The Morgan fingerprint density at radius 1 is 1.33 bits per heavy atom. The number of aromatic nitrogens is 1. The molecule has 0 atom stereocenters. The molecular weight excluding hydrogens is 288 g/mol. The number of nitrogens with zero attached hydrogens (tertiary/aromatic N) is 2. The van der Waals surface area contributed by atoms with E-state index >= 15 is 0 Å². The third-order valence-corrected chi connectivity index (χ3v) is 4.08. The van der Waals surface area contributed by atoms with Crippen molar-refractivity contribution in [3.8, 4) is 0 Å². The van der Waals surface area contributed by atoms with E-state index < -0.39 is 5.97 Å². The van der Waals surface area contributed by atoms with Gasteiger partial charge in [-0.1, -0.05) is 6.07 Å². The fourth-order valence-electron chi connectivity index (χ4n) is 2.11. The zero-order chi connectivity index (χ0) is 15.2. The molecule has 0 saturated carbocycles. The average molecular weight is 306 g/mol. The van der Waals surface area contributed by atoms with Crippen LogP contribution in [0.15, 0.2) is 35.8 Å². The van der Waals surface area contributed by atoms with Gasteiger partial charge in [0.15, 0.2) is 0 Å². The molecule has 5 nitrogen and oxygen atoms in total. The summed E-state index contributed by atoms with van der Waals surface area (Å²) >= 11 is 1.65. The van der Waals surface area contributed by atoms with Crippen molar-refractivity contribution in [3.63, 3.8) is 0 Å². The molecule has 6 heteroatoms. The molecule has 0 bridgehead atoms. The summed E-state index contributed by atoms with van der Waals surface area (Å²) in [7, 11) is 0. The Morgan fingerprint density at radius 2 is 2.14 bits per heavy atom. The first-order chi connectivity index (χ1) is 10.1. The lowest BCUT2D eigenvalue weighted by molar-refractivity contribution is -0.137. The molecule has 0 aliphatic carbocycles. The highest BCUT2D eigenvalue weighted by Crippen LogP contribution is 2.14. The van der Waals surface area contributed by atoms with E-state index in [1.807, 2.05) is 41.3 Å². The van der Waals surface area contributed by atoms with E-state index in [1.54, 1.807) is 22.3 Å². The maximum absolute atomic E-state index is 12.5. The van der Waals surface area contributed by atoms with Crippen LogP contribution in [0.4, 0.5) is 0 Å². The van der Waals surface area contributed by atoms with Crippen molar-refractivity contribution in [2.75, 3.05) is 13.1 Å². The summed E-state index contributed by atoms with van der Waals surface area (Å²) in [6.45, 7) is 3.24. The molecule has 0 spiro atoms. The fraction of sp³-hybridized carbons (Fsp3) is 0.333. The van der Waals surface area contributed by atoms with E-state index in [1.165, 1.54) is 4.88 Å². The molecule has 0 fully saturated rings. The Kier molecular flexibility index (Phi) is 5.16. The second-order valence-corrected chi connectivity index (χ2v) is 5.66. The molecule has 0 aliphatic heterocycles. The van der Waals surface area contributed by atoms with Crippen LogP contribution >= 0.6 is 11.3 Å². The van der Waals surface area contributed by atoms with Crippen LogP contribution in [0.25, 0.3) is 0 Å². The highest BCUT2D eigenvalue weighted by molar-refractivity contribution is 7.09. The highest BCUT2D eigenvalue weighted by atomic mass is 32.1. The molecule has 2 heterocycles. The smallest absolute Gasteiger partial charge is 0.305 e. The van der Waals surface area contributed by atoms with Crippen LogP contribution in [0.3, 0.4) is 0 Å². The van der Waals surface area contributed by atoms with Crippen LogP contribution in [0.5, 0.6) is 0 Å². The van der Waals surface area contributed by atoms with Crippen molar-refractivity contribution in [2.45, 2.75) is 19.9 Å². The molecule has 0 aliphatic rings. The van der Waals surface area contributed by atoms with Gasteiger partial charge in [-0.2, -0.15) is 0 Å². The maximum atomic E-state index is 12.5. The first-order valence-corrected chi connectivity index (χ1v) is 7.68. The van der Waals surface area contributed by atoms with Gasteiger partial charge in [-0.25, -0.2) is 0 Å². The van der Waals surface area contributed by atoms with Crippen LogP contribution in [0, 0.1) is 0 Å². The molecule has 2 rings (SSSR count). The predicted octanol–water partition coefficient (Wildman–Crippen LogP) is 2.53. The molecule has 2 aromatic rings. The standard InChI is InChI=1S/C15H18N2O3S/c1-2-16(9-7-14(18)19)15(20)13-6-3-8-17(13)11-12-5-4-10-21-12/h3-6,8,10H,2,7,9,11H2,1H3,(H,18,19). The number of hydrogen-bond donors (Lipinski definition) is 1.